The Hall–Kier alpha value is -2.35. The van der Waals surface area contributed by atoms with E-state index in [1.807, 2.05) is 4.90 Å². The highest BCUT2D eigenvalue weighted by Gasteiger charge is 2.29. The van der Waals surface area contributed by atoms with Crippen LogP contribution in [0.1, 0.15) is 26.2 Å². The Kier molecular flexibility index (Phi) is 4.67. The SMILES string of the molecule is CCC1CCN(c2c(-c3c(F)cc(F)cc3F)c(Cl)nc3ncnn23)CC1. The number of piperidine rings is 1. The quantitative estimate of drug-likeness (QED) is 0.613. The number of rotatable bonds is 3. The number of halogens is 4. The van der Waals surface area contributed by atoms with Crippen molar-refractivity contribution in [3.63, 3.8) is 0 Å². The van der Waals surface area contributed by atoms with Crippen LogP contribution in [0.5, 0.6) is 0 Å². The fourth-order valence-electron chi connectivity index (χ4n) is 3.64. The first-order chi connectivity index (χ1) is 13.0. The summed E-state index contributed by atoms with van der Waals surface area (Å²) in [4.78, 5) is 10.1. The monoisotopic (exact) mass is 395 g/mol. The van der Waals surface area contributed by atoms with E-state index in [0.29, 0.717) is 37.0 Å². The Labute approximate surface area is 158 Å². The number of anilines is 1. The Bertz CT molecular complexity index is 975. The van der Waals surface area contributed by atoms with Crippen LogP contribution in [0.4, 0.5) is 19.0 Å². The average Bonchev–Trinajstić information content (AvgIpc) is 3.09. The first kappa shape index (κ1) is 18.0. The molecule has 9 heteroatoms. The lowest BCUT2D eigenvalue weighted by Crippen LogP contribution is -2.35. The van der Waals surface area contributed by atoms with Crippen molar-refractivity contribution in [2.75, 3.05) is 18.0 Å². The summed E-state index contributed by atoms with van der Waals surface area (Å²) in [6, 6.07) is 1.26. The molecule has 3 heterocycles. The van der Waals surface area contributed by atoms with Gasteiger partial charge in [0.05, 0.1) is 11.1 Å². The van der Waals surface area contributed by atoms with E-state index >= 15 is 0 Å². The van der Waals surface area contributed by atoms with Crippen molar-refractivity contribution in [3.05, 3.63) is 41.1 Å². The van der Waals surface area contributed by atoms with Crippen molar-refractivity contribution in [3.8, 4) is 11.1 Å². The summed E-state index contributed by atoms with van der Waals surface area (Å²) in [6.07, 6.45) is 4.28. The smallest absolute Gasteiger partial charge is 0.255 e. The number of hydrogen-bond donors (Lipinski definition) is 0. The van der Waals surface area contributed by atoms with E-state index in [9.17, 15) is 13.2 Å². The van der Waals surface area contributed by atoms with Gasteiger partial charge < -0.3 is 4.90 Å². The predicted octanol–water partition coefficient (Wildman–Crippen LogP) is 4.49. The van der Waals surface area contributed by atoms with E-state index in [1.165, 1.54) is 10.8 Å². The summed E-state index contributed by atoms with van der Waals surface area (Å²) in [5.74, 6) is -1.82. The third kappa shape index (κ3) is 3.12. The van der Waals surface area contributed by atoms with Gasteiger partial charge in [0, 0.05) is 25.2 Å². The summed E-state index contributed by atoms with van der Waals surface area (Å²) in [5.41, 5.74) is -0.362. The first-order valence-corrected chi connectivity index (χ1v) is 9.16. The van der Waals surface area contributed by atoms with Crippen LogP contribution in [0.3, 0.4) is 0 Å². The highest BCUT2D eigenvalue weighted by atomic mass is 35.5. The van der Waals surface area contributed by atoms with Gasteiger partial charge in [-0.2, -0.15) is 19.6 Å². The number of nitrogens with zero attached hydrogens (tertiary/aromatic N) is 5. The zero-order valence-corrected chi connectivity index (χ0v) is 15.3. The molecule has 0 N–H and O–H groups in total. The number of fused-ring (bicyclic) bond motifs is 1. The van der Waals surface area contributed by atoms with Crippen LogP contribution in [0.25, 0.3) is 16.9 Å². The van der Waals surface area contributed by atoms with Crippen LogP contribution in [0.2, 0.25) is 5.15 Å². The Balaban J connectivity index is 1.95. The highest BCUT2D eigenvalue weighted by Crippen LogP contribution is 2.40. The van der Waals surface area contributed by atoms with Crippen molar-refractivity contribution in [2.45, 2.75) is 26.2 Å². The fourth-order valence-corrected chi connectivity index (χ4v) is 3.90. The molecule has 0 radical (unpaired) electrons. The Morgan fingerprint density at radius 1 is 1.11 bits per heavy atom. The molecule has 0 unspecified atom stereocenters. The second-order valence-electron chi connectivity index (χ2n) is 6.66. The molecule has 0 amide bonds. The van der Waals surface area contributed by atoms with E-state index in [-0.39, 0.29) is 16.5 Å². The molecule has 27 heavy (non-hydrogen) atoms. The van der Waals surface area contributed by atoms with Gasteiger partial charge in [-0.1, -0.05) is 24.9 Å². The van der Waals surface area contributed by atoms with Crippen LogP contribution in [-0.2, 0) is 0 Å². The molecule has 2 aromatic heterocycles. The van der Waals surface area contributed by atoms with Gasteiger partial charge >= 0.3 is 0 Å². The van der Waals surface area contributed by atoms with Crippen molar-refractivity contribution in [1.82, 2.24) is 19.6 Å². The second kappa shape index (κ2) is 6.99. The lowest BCUT2D eigenvalue weighted by atomic mass is 9.94. The molecule has 1 saturated heterocycles. The summed E-state index contributed by atoms with van der Waals surface area (Å²) >= 11 is 6.31. The molecule has 1 aliphatic heterocycles. The lowest BCUT2D eigenvalue weighted by molar-refractivity contribution is 0.392. The van der Waals surface area contributed by atoms with E-state index in [4.69, 9.17) is 11.6 Å². The summed E-state index contributed by atoms with van der Waals surface area (Å²) < 4.78 is 43.9. The number of benzene rings is 1. The van der Waals surface area contributed by atoms with Crippen molar-refractivity contribution >= 4 is 23.2 Å². The summed E-state index contributed by atoms with van der Waals surface area (Å²) in [7, 11) is 0. The lowest BCUT2D eigenvalue weighted by Gasteiger charge is -2.34. The molecule has 0 atom stereocenters. The number of hydrogen-bond acceptors (Lipinski definition) is 4. The molecule has 0 aliphatic carbocycles. The minimum atomic E-state index is -1.04. The van der Waals surface area contributed by atoms with Crippen LogP contribution in [-0.4, -0.2) is 32.7 Å². The summed E-state index contributed by atoms with van der Waals surface area (Å²) in [5, 5.41) is 4.06. The molecule has 4 rings (SSSR count). The zero-order chi connectivity index (χ0) is 19.1. The molecule has 1 aromatic carbocycles. The van der Waals surface area contributed by atoms with Gasteiger partial charge in [-0.25, -0.2) is 13.2 Å². The molecule has 0 bridgehead atoms. The maximum absolute atomic E-state index is 14.5. The van der Waals surface area contributed by atoms with Gasteiger partial charge in [0.2, 0.25) is 0 Å². The summed E-state index contributed by atoms with van der Waals surface area (Å²) in [6.45, 7) is 3.52. The molecule has 1 aliphatic rings. The van der Waals surface area contributed by atoms with Gasteiger partial charge in [0.1, 0.15) is 34.7 Å². The largest absolute Gasteiger partial charge is 0.356 e. The molecular weight excluding hydrogens is 379 g/mol. The Morgan fingerprint density at radius 3 is 2.41 bits per heavy atom. The van der Waals surface area contributed by atoms with Crippen molar-refractivity contribution in [2.24, 2.45) is 5.92 Å². The molecule has 142 valence electrons. The van der Waals surface area contributed by atoms with Crippen LogP contribution in [0.15, 0.2) is 18.5 Å². The maximum Gasteiger partial charge on any atom is 0.255 e. The molecule has 5 nitrogen and oxygen atoms in total. The van der Waals surface area contributed by atoms with Crippen LogP contribution >= 0.6 is 11.6 Å². The van der Waals surface area contributed by atoms with E-state index in [0.717, 1.165) is 19.3 Å². The minimum Gasteiger partial charge on any atom is -0.356 e. The van der Waals surface area contributed by atoms with Gasteiger partial charge in [-0.3, -0.25) is 0 Å². The van der Waals surface area contributed by atoms with Gasteiger partial charge in [0.15, 0.2) is 0 Å². The molecule has 3 aromatic rings. The highest BCUT2D eigenvalue weighted by molar-refractivity contribution is 6.33. The average molecular weight is 396 g/mol. The minimum absolute atomic E-state index is 0.0552. The number of aromatic nitrogens is 4. The van der Waals surface area contributed by atoms with Gasteiger partial charge in [-0.05, 0) is 18.8 Å². The fraction of sp³-hybridized carbons (Fsp3) is 0.389. The van der Waals surface area contributed by atoms with Crippen molar-refractivity contribution < 1.29 is 13.2 Å². The predicted molar refractivity (Wildman–Crippen MR) is 96.3 cm³/mol. The third-order valence-electron chi connectivity index (χ3n) is 5.11. The molecular formula is C18H17ClF3N5. The van der Waals surface area contributed by atoms with Gasteiger partial charge in [0.25, 0.3) is 5.78 Å². The first-order valence-electron chi connectivity index (χ1n) is 8.78. The Morgan fingerprint density at radius 2 is 1.78 bits per heavy atom. The zero-order valence-electron chi connectivity index (χ0n) is 14.6. The van der Waals surface area contributed by atoms with Crippen LogP contribution < -0.4 is 4.90 Å². The van der Waals surface area contributed by atoms with E-state index in [1.54, 1.807) is 0 Å². The second-order valence-corrected chi connectivity index (χ2v) is 7.01. The molecule has 0 saturated carbocycles. The molecule has 0 spiro atoms. The standard InChI is InChI=1S/C18H17ClF3N5/c1-2-10-3-5-26(6-4-10)17-15(14-12(21)7-11(20)8-13(14)22)16(19)25-18-23-9-24-27(17)18/h7-10H,2-6H2,1H3. The van der Waals surface area contributed by atoms with Crippen molar-refractivity contribution in [1.29, 1.82) is 0 Å². The van der Waals surface area contributed by atoms with E-state index < -0.39 is 23.0 Å². The van der Waals surface area contributed by atoms with Gasteiger partial charge in [-0.15, -0.1) is 0 Å². The third-order valence-corrected chi connectivity index (χ3v) is 5.38. The maximum atomic E-state index is 14.5. The normalized spacial score (nSPS) is 15.7. The topological polar surface area (TPSA) is 46.3 Å². The van der Waals surface area contributed by atoms with E-state index in [2.05, 4.69) is 22.0 Å². The van der Waals surface area contributed by atoms with Crippen LogP contribution in [0, 0.1) is 23.4 Å². The molecule has 1 fully saturated rings.